The second kappa shape index (κ2) is 6.21. The maximum atomic E-state index is 13.2. The van der Waals surface area contributed by atoms with Crippen LogP contribution in [0.1, 0.15) is 47.6 Å². The molecule has 3 aliphatic rings. The first-order valence-corrected chi connectivity index (χ1v) is 9.26. The average molecular weight is 345 g/mol. The van der Waals surface area contributed by atoms with Gasteiger partial charge in [-0.25, -0.2) is 9.97 Å². The lowest BCUT2D eigenvalue weighted by Gasteiger charge is -2.52. The fraction of sp³-hybridized carbons (Fsp3) is 0.722. The Bertz CT molecular complexity index is 688. The number of nitrogens with zero attached hydrogens (tertiary/aromatic N) is 4. The van der Waals surface area contributed by atoms with E-state index in [0.717, 1.165) is 55.8 Å². The first-order chi connectivity index (χ1) is 12.0. The van der Waals surface area contributed by atoms with Crippen molar-refractivity contribution >= 4 is 11.7 Å². The van der Waals surface area contributed by atoms with Crippen molar-refractivity contribution in [3.05, 3.63) is 17.1 Å². The smallest absolute Gasteiger partial charge is 0.292 e. The van der Waals surface area contributed by atoms with Crippen LogP contribution in [0.3, 0.4) is 0 Å². The van der Waals surface area contributed by atoms with Crippen LogP contribution in [-0.4, -0.2) is 65.2 Å². The normalized spacial score (nSPS) is 25.3. The summed E-state index contributed by atoms with van der Waals surface area (Å²) in [6, 6.07) is 0.173. The molecule has 7 nitrogen and oxygen atoms in total. The van der Waals surface area contributed by atoms with E-state index in [9.17, 15) is 4.79 Å². The molecule has 0 radical (unpaired) electrons. The first-order valence-electron chi connectivity index (χ1n) is 9.26. The van der Waals surface area contributed by atoms with Crippen LogP contribution in [-0.2, 0) is 4.74 Å². The fourth-order valence-electron chi connectivity index (χ4n) is 4.17. The zero-order valence-corrected chi connectivity index (χ0v) is 15.1. The summed E-state index contributed by atoms with van der Waals surface area (Å²) in [7, 11) is 0. The number of ether oxygens (including phenoxy) is 1. The van der Waals surface area contributed by atoms with Crippen molar-refractivity contribution in [3.8, 4) is 0 Å². The molecule has 0 aromatic carbocycles. The second-order valence-electron chi connectivity index (χ2n) is 7.66. The predicted octanol–water partition coefficient (Wildman–Crippen LogP) is 1.03. The zero-order chi connectivity index (χ0) is 17.6. The number of aromatic nitrogens is 2. The van der Waals surface area contributed by atoms with Crippen LogP contribution in [0, 0.1) is 13.8 Å². The average Bonchev–Trinajstić information content (AvgIpc) is 3.01. The minimum atomic E-state index is -0.131. The van der Waals surface area contributed by atoms with Crippen molar-refractivity contribution in [2.75, 3.05) is 37.7 Å². The Balaban J connectivity index is 1.65. The van der Waals surface area contributed by atoms with Gasteiger partial charge >= 0.3 is 0 Å². The van der Waals surface area contributed by atoms with Gasteiger partial charge in [-0.2, -0.15) is 0 Å². The third-order valence-corrected chi connectivity index (χ3v) is 6.01. The van der Waals surface area contributed by atoms with Gasteiger partial charge < -0.3 is 20.3 Å². The second-order valence-corrected chi connectivity index (χ2v) is 7.66. The van der Waals surface area contributed by atoms with Crippen molar-refractivity contribution in [2.45, 2.75) is 51.1 Å². The Morgan fingerprint density at radius 2 is 2.08 bits per heavy atom. The Labute approximate surface area is 148 Å². The number of carbonyl (C=O) groups excluding carboxylic acids is 1. The lowest BCUT2D eigenvalue weighted by molar-refractivity contribution is -0.0881. The van der Waals surface area contributed by atoms with Crippen LogP contribution in [0.5, 0.6) is 0 Å². The molecular weight excluding hydrogens is 318 g/mol. The van der Waals surface area contributed by atoms with E-state index in [0.29, 0.717) is 25.6 Å². The molecule has 1 spiro atoms. The molecule has 7 heteroatoms. The largest absolute Gasteiger partial charge is 0.377 e. The molecule has 3 fully saturated rings. The predicted molar refractivity (Wildman–Crippen MR) is 94.7 cm³/mol. The molecule has 3 heterocycles. The molecule has 1 saturated carbocycles. The van der Waals surface area contributed by atoms with Gasteiger partial charge in [-0.1, -0.05) is 0 Å². The highest BCUT2D eigenvalue weighted by Gasteiger charge is 2.47. The number of carbonyl (C=O) groups is 1. The van der Waals surface area contributed by atoms with Gasteiger partial charge in [0, 0.05) is 36.9 Å². The van der Waals surface area contributed by atoms with E-state index in [-0.39, 0.29) is 17.5 Å². The highest BCUT2D eigenvalue weighted by Crippen LogP contribution is 2.40. The number of nitrogens with two attached hydrogens (primary N) is 1. The quantitative estimate of drug-likeness (QED) is 0.862. The summed E-state index contributed by atoms with van der Waals surface area (Å²) < 4.78 is 5.65. The van der Waals surface area contributed by atoms with Crippen molar-refractivity contribution in [1.29, 1.82) is 0 Å². The fourth-order valence-corrected chi connectivity index (χ4v) is 4.17. The number of aryl methyl sites for hydroxylation is 1. The third kappa shape index (κ3) is 2.79. The summed E-state index contributed by atoms with van der Waals surface area (Å²) in [6.07, 6.45) is 4.13. The Hall–Kier alpha value is -1.73. The number of morpholine rings is 1. The molecule has 1 atom stereocenters. The molecule has 1 aromatic rings. The number of hydrogen-bond acceptors (Lipinski definition) is 6. The molecule has 2 N–H and O–H groups in total. The van der Waals surface area contributed by atoms with E-state index in [1.54, 1.807) is 0 Å². The van der Waals surface area contributed by atoms with Crippen LogP contribution in [0.25, 0.3) is 0 Å². The number of rotatable bonds is 2. The van der Waals surface area contributed by atoms with Crippen LogP contribution in [0.4, 0.5) is 5.82 Å². The summed E-state index contributed by atoms with van der Waals surface area (Å²) >= 11 is 0. The summed E-state index contributed by atoms with van der Waals surface area (Å²) in [5.41, 5.74) is 7.82. The number of hydrogen-bond donors (Lipinski definition) is 1. The third-order valence-electron chi connectivity index (χ3n) is 6.01. The Morgan fingerprint density at radius 1 is 1.28 bits per heavy atom. The first kappa shape index (κ1) is 16.7. The van der Waals surface area contributed by atoms with E-state index >= 15 is 0 Å². The van der Waals surface area contributed by atoms with Gasteiger partial charge in [-0.05, 0) is 39.5 Å². The van der Waals surface area contributed by atoms with Crippen LogP contribution in [0.15, 0.2) is 0 Å². The van der Waals surface area contributed by atoms with Gasteiger partial charge in [-0.3, -0.25) is 4.79 Å². The van der Waals surface area contributed by atoms with Crippen LogP contribution in [0.2, 0.25) is 0 Å². The van der Waals surface area contributed by atoms with Gasteiger partial charge in [0.25, 0.3) is 5.91 Å². The van der Waals surface area contributed by atoms with E-state index in [1.807, 2.05) is 18.7 Å². The highest BCUT2D eigenvalue weighted by molar-refractivity contribution is 5.92. The minimum Gasteiger partial charge on any atom is -0.377 e. The molecule has 2 aliphatic heterocycles. The van der Waals surface area contributed by atoms with E-state index in [1.165, 1.54) is 0 Å². The van der Waals surface area contributed by atoms with Gasteiger partial charge in [0.15, 0.2) is 0 Å². The van der Waals surface area contributed by atoms with E-state index in [2.05, 4.69) is 14.9 Å². The lowest BCUT2D eigenvalue weighted by Crippen LogP contribution is -2.62. The Kier molecular flexibility index (Phi) is 4.16. The minimum absolute atomic E-state index is 0.0594. The maximum absolute atomic E-state index is 13.2. The summed E-state index contributed by atoms with van der Waals surface area (Å²) in [6.45, 7) is 7.49. The van der Waals surface area contributed by atoms with Crippen LogP contribution < -0.4 is 10.6 Å². The molecule has 136 valence electrons. The van der Waals surface area contributed by atoms with Crippen LogP contribution >= 0.6 is 0 Å². The summed E-state index contributed by atoms with van der Waals surface area (Å²) in [5, 5.41) is 0. The Morgan fingerprint density at radius 3 is 2.72 bits per heavy atom. The SMILES string of the molecule is Cc1nc(C(=O)N2CCOCC23CCC3)nc(N2CC[C@@H](N)C2)c1C. The van der Waals surface area contributed by atoms with Crippen molar-refractivity contribution in [2.24, 2.45) is 5.73 Å². The molecule has 2 saturated heterocycles. The number of anilines is 1. The highest BCUT2D eigenvalue weighted by atomic mass is 16.5. The van der Waals surface area contributed by atoms with Crippen molar-refractivity contribution < 1.29 is 9.53 Å². The molecule has 1 aliphatic carbocycles. The topological polar surface area (TPSA) is 84.6 Å². The summed E-state index contributed by atoms with van der Waals surface area (Å²) in [5.74, 6) is 1.11. The van der Waals surface area contributed by atoms with E-state index in [4.69, 9.17) is 10.5 Å². The molecule has 0 unspecified atom stereocenters. The standard InChI is InChI=1S/C18H27N5O2/c1-12-13(2)20-15(21-16(12)22-7-4-14(19)10-22)17(24)23-8-9-25-11-18(23)5-3-6-18/h14H,3-11,19H2,1-2H3/t14-/m1/s1. The number of amides is 1. The van der Waals surface area contributed by atoms with Gasteiger partial charge in [0.2, 0.25) is 5.82 Å². The molecular formula is C18H27N5O2. The van der Waals surface area contributed by atoms with Gasteiger partial charge in [-0.15, -0.1) is 0 Å². The van der Waals surface area contributed by atoms with Gasteiger partial charge in [0.05, 0.1) is 18.8 Å². The van der Waals surface area contributed by atoms with Crippen molar-refractivity contribution in [1.82, 2.24) is 14.9 Å². The monoisotopic (exact) mass is 345 g/mol. The molecule has 4 rings (SSSR count). The lowest BCUT2D eigenvalue weighted by atomic mass is 9.75. The zero-order valence-electron chi connectivity index (χ0n) is 15.1. The van der Waals surface area contributed by atoms with E-state index < -0.39 is 0 Å². The van der Waals surface area contributed by atoms with Crippen molar-refractivity contribution in [3.63, 3.8) is 0 Å². The molecule has 1 aromatic heterocycles. The molecule has 1 amide bonds. The maximum Gasteiger partial charge on any atom is 0.292 e. The molecule has 0 bridgehead atoms. The van der Waals surface area contributed by atoms with Gasteiger partial charge in [0.1, 0.15) is 5.82 Å². The summed E-state index contributed by atoms with van der Waals surface area (Å²) in [4.78, 5) is 26.5. The molecule has 25 heavy (non-hydrogen) atoms.